The molecule has 0 aliphatic heterocycles. The number of carbonyl (C=O) groups excluding carboxylic acids is 2. The van der Waals surface area contributed by atoms with Gasteiger partial charge < -0.3 is 10.2 Å². The Balaban J connectivity index is 1.48. The van der Waals surface area contributed by atoms with Crippen molar-refractivity contribution in [1.29, 1.82) is 0 Å². The maximum Gasteiger partial charge on any atom is 0.262 e. The van der Waals surface area contributed by atoms with Crippen LogP contribution in [-0.2, 0) is 16.1 Å². The molecule has 1 N–H and O–H groups in total. The number of hydrogen-bond acceptors (Lipinski definition) is 6. The summed E-state index contributed by atoms with van der Waals surface area (Å²) in [6.07, 6.45) is 0.756. The molecular formula is C23H23FN6O3S. The van der Waals surface area contributed by atoms with Crippen molar-refractivity contribution in [1.82, 2.24) is 24.1 Å². The van der Waals surface area contributed by atoms with Gasteiger partial charge in [-0.2, -0.15) is 0 Å². The summed E-state index contributed by atoms with van der Waals surface area (Å²) in [4.78, 5) is 39.1. The highest BCUT2D eigenvalue weighted by Crippen LogP contribution is 2.22. The largest absolute Gasteiger partial charge is 0.336 e. The predicted molar refractivity (Wildman–Crippen MR) is 128 cm³/mol. The fourth-order valence-electron chi connectivity index (χ4n) is 3.53. The topological polar surface area (TPSA) is 102 Å². The van der Waals surface area contributed by atoms with Crippen molar-refractivity contribution in [2.24, 2.45) is 0 Å². The molecule has 4 rings (SSSR count). The number of amides is 2. The van der Waals surface area contributed by atoms with E-state index in [2.05, 4.69) is 15.5 Å². The Hall–Kier alpha value is -3.73. The molecule has 4 aromatic rings. The van der Waals surface area contributed by atoms with Gasteiger partial charge in [0.1, 0.15) is 5.82 Å². The van der Waals surface area contributed by atoms with E-state index in [0.717, 1.165) is 6.42 Å². The minimum atomic E-state index is -0.400. The van der Waals surface area contributed by atoms with E-state index in [0.29, 0.717) is 34.1 Å². The van der Waals surface area contributed by atoms with Crippen LogP contribution in [0.2, 0.25) is 0 Å². The normalized spacial score (nSPS) is 11.1. The summed E-state index contributed by atoms with van der Waals surface area (Å²) >= 11 is 1.18. The highest BCUT2D eigenvalue weighted by atomic mass is 32.2. The quantitative estimate of drug-likeness (QED) is 0.388. The molecule has 0 aliphatic rings. The number of fused-ring (bicyclic) bond motifs is 3. The van der Waals surface area contributed by atoms with Gasteiger partial charge in [0.15, 0.2) is 5.16 Å². The molecule has 176 valence electrons. The second-order valence-electron chi connectivity index (χ2n) is 7.69. The molecule has 0 aliphatic carbocycles. The Kier molecular flexibility index (Phi) is 6.92. The summed E-state index contributed by atoms with van der Waals surface area (Å²) in [6, 6.07) is 12.6. The van der Waals surface area contributed by atoms with Crippen LogP contribution in [0.3, 0.4) is 0 Å². The van der Waals surface area contributed by atoms with Gasteiger partial charge in [-0.3, -0.25) is 23.4 Å². The third kappa shape index (κ3) is 4.79. The third-order valence-corrected chi connectivity index (χ3v) is 6.10. The summed E-state index contributed by atoms with van der Waals surface area (Å²) < 4.78 is 16.4. The van der Waals surface area contributed by atoms with Gasteiger partial charge in [0, 0.05) is 19.3 Å². The van der Waals surface area contributed by atoms with E-state index >= 15 is 0 Å². The number of carbonyl (C=O) groups is 2. The first-order chi connectivity index (χ1) is 16.4. The average Bonchev–Trinajstić information content (AvgIpc) is 3.25. The van der Waals surface area contributed by atoms with Crippen LogP contribution in [0.4, 0.5) is 10.1 Å². The third-order valence-electron chi connectivity index (χ3n) is 5.18. The molecule has 2 aromatic heterocycles. The number of aromatic nitrogens is 4. The second kappa shape index (κ2) is 10.0. The predicted octanol–water partition coefficient (Wildman–Crippen LogP) is 2.78. The van der Waals surface area contributed by atoms with Gasteiger partial charge in [-0.15, -0.1) is 10.2 Å². The minimum absolute atomic E-state index is 0.0301. The van der Waals surface area contributed by atoms with Gasteiger partial charge >= 0.3 is 0 Å². The lowest BCUT2D eigenvalue weighted by Crippen LogP contribution is -2.36. The molecule has 0 unspecified atom stereocenters. The van der Waals surface area contributed by atoms with Crippen LogP contribution >= 0.6 is 11.8 Å². The van der Waals surface area contributed by atoms with E-state index in [1.807, 2.05) is 19.1 Å². The summed E-state index contributed by atoms with van der Waals surface area (Å²) in [6.45, 7) is 2.32. The maximum absolute atomic E-state index is 13.0. The van der Waals surface area contributed by atoms with Crippen molar-refractivity contribution in [3.8, 4) is 0 Å². The zero-order valence-corrected chi connectivity index (χ0v) is 19.5. The summed E-state index contributed by atoms with van der Waals surface area (Å²) in [5.41, 5.74) is 0.986. The fourth-order valence-corrected chi connectivity index (χ4v) is 4.41. The van der Waals surface area contributed by atoms with Crippen LogP contribution in [0, 0.1) is 5.82 Å². The Morgan fingerprint density at radius 1 is 1.12 bits per heavy atom. The summed E-state index contributed by atoms with van der Waals surface area (Å²) in [7, 11) is 1.53. The number of nitrogens with one attached hydrogen (secondary N) is 1. The minimum Gasteiger partial charge on any atom is -0.336 e. The Morgan fingerprint density at radius 3 is 2.59 bits per heavy atom. The molecular weight excluding hydrogens is 459 g/mol. The monoisotopic (exact) mass is 482 g/mol. The van der Waals surface area contributed by atoms with Crippen LogP contribution < -0.4 is 10.9 Å². The van der Waals surface area contributed by atoms with Crippen molar-refractivity contribution in [3.63, 3.8) is 0 Å². The zero-order chi connectivity index (χ0) is 24.2. The fraction of sp³-hybridized carbons (Fsp3) is 0.261. The van der Waals surface area contributed by atoms with Gasteiger partial charge in [0.05, 0.1) is 23.2 Å². The lowest BCUT2D eigenvalue weighted by molar-refractivity contribution is -0.131. The Bertz CT molecular complexity index is 1420. The number of para-hydroxylation sites is 1. The molecule has 0 atom stereocenters. The van der Waals surface area contributed by atoms with E-state index in [1.165, 1.54) is 48.0 Å². The van der Waals surface area contributed by atoms with Crippen molar-refractivity contribution in [2.75, 3.05) is 24.7 Å². The number of thioether (sulfide) groups is 1. The number of likely N-dealkylation sites (N-methyl/N-ethyl adjacent to an activating group) is 1. The van der Waals surface area contributed by atoms with Gasteiger partial charge in [-0.1, -0.05) is 30.8 Å². The van der Waals surface area contributed by atoms with E-state index in [1.54, 1.807) is 21.1 Å². The molecule has 34 heavy (non-hydrogen) atoms. The summed E-state index contributed by atoms with van der Waals surface area (Å²) in [5, 5.41) is 12.1. The van der Waals surface area contributed by atoms with Crippen LogP contribution in [0.15, 0.2) is 58.5 Å². The van der Waals surface area contributed by atoms with Crippen LogP contribution in [0.25, 0.3) is 16.7 Å². The number of nitrogens with zero attached hydrogens (tertiary/aromatic N) is 5. The smallest absolute Gasteiger partial charge is 0.262 e. The van der Waals surface area contributed by atoms with Gasteiger partial charge in [-0.05, 0) is 42.8 Å². The number of halogens is 1. The average molecular weight is 483 g/mol. The van der Waals surface area contributed by atoms with Crippen molar-refractivity contribution < 1.29 is 14.0 Å². The first-order valence-corrected chi connectivity index (χ1v) is 11.7. The molecule has 9 nitrogen and oxygen atoms in total. The molecule has 0 bridgehead atoms. The Labute approximate surface area is 198 Å². The number of rotatable bonds is 8. The number of anilines is 1. The van der Waals surface area contributed by atoms with E-state index in [-0.39, 0.29) is 23.8 Å². The van der Waals surface area contributed by atoms with E-state index in [9.17, 15) is 18.8 Å². The van der Waals surface area contributed by atoms with Crippen LogP contribution in [0.5, 0.6) is 0 Å². The molecule has 2 heterocycles. The van der Waals surface area contributed by atoms with Gasteiger partial charge in [0.2, 0.25) is 17.6 Å². The lowest BCUT2D eigenvalue weighted by Gasteiger charge is -2.16. The molecule has 0 saturated heterocycles. The highest BCUT2D eigenvalue weighted by molar-refractivity contribution is 7.99. The number of benzene rings is 2. The van der Waals surface area contributed by atoms with Crippen molar-refractivity contribution in [3.05, 3.63) is 64.7 Å². The molecule has 2 aromatic carbocycles. The molecule has 2 amide bonds. The molecule has 0 radical (unpaired) electrons. The maximum atomic E-state index is 13.0. The highest BCUT2D eigenvalue weighted by Gasteiger charge is 2.19. The summed E-state index contributed by atoms with van der Waals surface area (Å²) in [5.74, 6) is -0.616. The molecule has 0 saturated carbocycles. The van der Waals surface area contributed by atoms with Crippen LogP contribution in [-0.4, -0.2) is 55.2 Å². The molecule has 0 fully saturated rings. The second-order valence-corrected chi connectivity index (χ2v) is 8.63. The molecule has 0 spiro atoms. The SMILES string of the molecule is CCCn1c(=O)c2ccccc2n2c(SCC(=O)N(C)CC(=O)Nc3ccc(F)cc3)nnc12. The number of aryl methyl sites for hydroxylation is 1. The first kappa shape index (κ1) is 23.4. The van der Waals surface area contributed by atoms with Gasteiger partial charge in [-0.25, -0.2) is 4.39 Å². The number of hydrogen-bond donors (Lipinski definition) is 1. The molecule has 11 heteroatoms. The van der Waals surface area contributed by atoms with E-state index < -0.39 is 11.7 Å². The first-order valence-electron chi connectivity index (χ1n) is 10.7. The van der Waals surface area contributed by atoms with Crippen molar-refractivity contribution in [2.45, 2.75) is 25.0 Å². The lowest BCUT2D eigenvalue weighted by atomic mass is 10.2. The standard InChI is InChI=1S/C23H23FN6O3S/c1-3-12-29-21(33)17-6-4-5-7-18(17)30-22(29)26-27-23(30)34-14-20(32)28(2)13-19(31)25-16-10-8-15(24)9-11-16/h4-11H,3,12-14H2,1-2H3,(H,25,31). The van der Waals surface area contributed by atoms with Gasteiger partial charge in [0.25, 0.3) is 5.56 Å². The zero-order valence-electron chi connectivity index (χ0n) is 18.7. The van der Waals surface area contributed by atoms with E-state index in [4.69, 9.17) is 0 Å². The van der Waals surface area contributed by atoms with Crippen molar-refractivity contribution >= 4 is 45.9 Å². The van der Waals surface area contributed by atoms with Crippen LogP contribution in [0.1, 0.15) is 13.3 Å². The Morgan fingerprint density at radius 2 is 1.85 bits per heavy atom.